The van der Waals surface area contributed by atoms with Crippen LogP contribution in [-0.4, -0.2) is 14.6 Å². The molecule has 0 fully saturated rings. The summed E-state index contributed by atoms with van der Waals surface area (Å²) in [7, 11) is 0. The van der Waals surface area contributed by atoms with Gasteiger partial charge in [-0.1, -0.05) is 47.5 Å². The number of hydrogen-bond donors (Lipinski definition) is 0. The predicted octanol–water partition coefficient (Wildman–Crippen LogP) is 1.92. The summed E-state index contributed by atoms with van der Waals surface area (Å²) in [4.78, 5) is 0. The maximum atomic E-state index is 12.1. The summed E-state index contributed by atoms with van der Waals surface area (Å²) in [6, 6.07) is 10.4. The molecule has 0 atom stereocenters. The topological polar surface area (TPSA) is 95.2 Å². The Morgan fingerprint density at radius 3 is 1.52 bits per heavy atom. The molecule has 2 aromatic carbocycles. The van der Waals surface area contributed by atoms with Gasteiger partial charge in [-0.15, -0.1) is 11.5 Å². The Morgan fingerprint density at radius 1 is 0.788 bits per heavy atom. The number of rotatable bonds is 4. The van der Waals surface area contributed by atoms with Crippen molar-refractivity contribution >= 4 is 23.2 Å². The molecule has 0 bridgehead atoms. The quantitative estimate of drug-likeness (QED) is 0.245. The minimum atomic E-state index is -0.0487. The molecule has 2 N–H and O–H groups in total. The molecule has 0 unspecified atom stereocenters. The van der Waals surface area contributed by atoms with E-state index in [-0.39, 0.29) is 38.0 Å². The summed E-state index contributed by atoms with van der Waals surface area (Å²) in [5.74, 6) is -0.0974. The molecule has 7 nitrogen and oxygen atoms in total. The smallest absolute Gasteiger partial charge is 0.877 e. The number of halogens is 2. The fourth-order valence-corrected chi connectivity index (χ4v) is 2.93. The second-order valence-corrected chi connectivity index (χ2v) is 6.56. The standard InChI is InChI=1S/C21H20N4O2.2CH2Cl.H2O.Pt/c1-16-3-5-20(26)18(11-16)24-9-7-22(14-24)13-23-8-10-25(15-23)19-12-17(2)4-6-21(19)27;2*1-2;;/h3-12,26-27H,13H2,1-2H3;2*1H2;1H2;/q;2*-1;;+4/p-2. The SMILES string of the molecule is Cc1ccc([O-])c(-[n+]2[c-]n(Cn3[c-][n+](-c4cc(C)ccc4[O-])cc3)cc2)c1.O.[CH2-]Cl.[CH2-]Cl.[Pt+4]. The molecule has 10 heteroatoms. The zero-order valence-electron chi connectivity index (χ0n) is 18.1. The maximum Gasteiger partial charge on any atom is 4.00 e. The van der Waals surface area contributed by atoms with Crippen molar-refractivity contribution in [2.75, 3.05) is 0 Å². The van der Waals surface area contributed by atoms with Gasteiger partial charge in [-0.05, 0) is 13.8 Å². The van der Waals surface area contributed by atoms with Crippen molar-refractivity contribution in [2.24, 2.45) is 0 Å². The molecule has 0 aliphatic rings. The second kappa shape index (κ2) is 14.8. The summed E-state index contributed by atoms with van der Waals surface area (Å²) in [6.45, 7) is 4.35. The minimum absolute atomic E-state index is 0. The van der Waals surface area contributed by atoms with Gasteiger partial charge in [0, 0.05) is 36.2 Å². The van der Waals surface area contributed by atoms with E-state index < -0.39 is 0 Å². The molecule has 0 saturated carbocycles. The molecule has 4 rings (SSSR count). The van der Waals surface area contributed by atoms with Crippen molar-refractivity contribution < 1.29 is 45.9 Å². The Bertz CT molecular complexity index is 1040. The first kappa shape index (κ1) is 30.7. The number of benzene rings is 2. The third-order valence-corrected chi connectivity index (χ3v) is 4.32. The molecule has 178 valence electrons. The average molecular weight is 670 g/mol. The first-order valence-corrected chi connectivity index (χ1v) is 10.2. The number of aryl methyl sites for hydroxylation is 2. The van der Waals surface area contributed by atoms with Crippen molar-refractivity contribution in [3.8, 4) is 22.9 Å². The van der Waals surface area contributed by atoms with E-state index in [1.807, 2.05) is 47.5 Å². The molecule has 2 aromatic heterocycles. The monoisotopic (exact) mass is 669 g/mol. The molecule has 0 aliphatic carbocycles. The van der Waals surface area contributed by atoms with Crippen LogP contribution in [0.25, 0.3) is 11.4 Å². The van der Waals surface area contributed by atoms with Crippen LogP contribution in [0.3, 0.4) is 0 Å². The zero-order chi connectivity index (χ0) is 23.0. The largest absolute Gasteiger partial charge is 4.00 e. The minimum Gasteiger partial charge on any atom is -0.877 e. The van der Waals surface area contributed by atoms with E-state index in [0.717, 1.165) is 11.1 Å². The van der Waals surface area contributed by atoms with E-state index in [0.29, 0.717) is 18.0 Å². The van der Waals surface area contributed by atoms with E-state index in [9.17, 15) is 10.2 Å². The zero-order valence-corrected chi connectivity index (χ0v) is 21.9. The number of hydrogen-bond acceptors (Lipinski definition) is 2. The van der Waals surface area contributed by atoms with Gasteiger partial charge in [0.15, 0.2) is 6.67 Å². The maximum absolute atomic E-state index is 12.1. The average Bonchev–Trinajstić information content (AvgIpc) is 3.44. The fourth-order valence-electron chi connectivity index (χ4n) is 2.93. The summed E-state index contributed by atoms with van der Waals surface area (Å²) >= 11 is 8.78. The Kier molecular flexibility index (Phi) is 13.7. The molecular weight excluding hydrogens is 646 g/mol. The van der Waals surface area contributed by atoms with Gasteiger partial charge in [0.05, 0.1) is 0 Å². The van der Waals surface area contributed by atoms with E-state index in [4.69, 9.17) is 0 Å². The van der Waals surface area contributed by atoms with Crippen LogP contribution in [0.15, 0.2) is 61.2 Å². The summed E-state index contributed by atoms with van der Waals surface area (Å²) < 4.78 is 7.00. The van der Waals surface area contributed by atoms with Crippen LogP contribution in [0.2, 0.25) is 0 Å². The molecule has 0 radical (unpaired) electrons. The van der Waals surface area contributed by atoms with Crippen LogP contribution in [0.1, 0.15) is 11.1 Å². The molecule has 0 saturated heterocycles. The Morgan fingerprint density at radius 2 is 1.15 bits per heavy atom. The van der Waals surface area contributed by atoms with Crippen LogP contribution in [0.5, 0.6) is 11.5 Å². The van der Waals surface area contributed by atoms with Gasteiger partial charge < -0.3 is 48.0 Å². The Labute approximate surface area is 218 Å². The van der Waals surface area contributed by atoms with Crippen molar-refractivity contribution in [1.82, 2.24) is 9.13 Å². The molecular formula is C23H24Cl2N4O3Pt. The molecule has 0 aliphatic heterocycles. The van der Waals surface area contributed by atoms with Gasteiger partial charge in [-0.25, -0.2) is 0 Å². The Balaban J connectivity index is 0.00000162. The van der Waals surface area contributed by atoms with Gasteiger partial charge in [0.1, 0.15) is 0 Å². The van der Waals surface area contributed by atoms with Crippen molar-refractivity contribution in [1.29, 1.82) is 0 Å². The van der Waals surface area contributed by atoms with Crippen LogP contribution in [0, 0.1) is 39.3 Å². The van der Waals surface area contributed by atoms with Gasteiger partial charge in [-0.3, -0.25) is 21.9 Å². The van der Waals surface area contributed by atoms with Crippen molar-refractivity contribution in [2.45, 2.75) is 20.5 Å². The number of nitrogens with zero attached hydrogens (tertiary/aromatic N) is 4. The third-order valence-electron chi connectivity index (χ3n) is 4.32. The van der Waals surface area contributed by atoms with Gasteiger partial charge >= 0.3 is 21.1 Å². The second-order valence-electron chi connectivity index (χ2n) is 6.56. The van der Waals surface area contributed by atoms with Gasteiger partial charge in [0.2, 0.25) is 12.7 Å². The normalized spacial score (nSPS) is 9.39. The van der Waals surface area contributed by atoms with E-state index in [2.05, 4.69) is 48.6 Å². The molecule has 2 heterocycles. The summed E-state index contributed by atoms with van der Waals surface area (Å²) in [5.41, 5.74) is 3.17. The van der Waals surface area contributed by atoms with Crippen molar-refractivity contribution in [3.63, 3.8) is 0 Å². The first-order valence-electron chi connectivity index (χ1n) is 9.09. The van der Waals surface area contributed by atoms with E-state index >= 15 is 0 Å². The number of aromatic nitrogens is 4. The Hall–Kier alpha value is -2.31. The van der Waals surface area contributed by atoms with Crippen LogP contribution in [0.4, 0.5) is 0 Å². The third kappa shape index (κ3) is 7.90. The summed E-state index contributed by atoms with van der Waals surface area (Å²) in [6.07, 6.45) is 19.0. The predicted molar refractivity (Wildman–Crippen MR) is 119 cm³/mol. The summed E-state index contributed by atoms with van der Waals surface area (Å²) in [5, 5.41) is 24.1. The molecule has 4 aromatic rings. The van der Waals surface area contributed by atoms with Gasteiger partial charge in [0.25, 0.3) is 0 Å². The van der Waals surface area contributed by atoms with Crippen LogP contribution >= 0.6 is 23.2 Å². The van der Waals surface area contributed by atoms with Crippen LogP contribution in [-0.2, 0) is 27.7 Å². The van der Waals surface area contributed by atoms with E-state index in [1.54, 1.807) is 45.8 Å². The van der Waals surface area contributed by atoms with Crippen molar-refractivity contribution in [3.05, 3.63) is 97.7 Å². The molecule has 0 spiro atoms. The number of imidazole rings is 2. The van der Waals surface area contributed by atoms with E-state index in [1.165, 1.54) is 0 Å². The molecule has 0 amide bonds. The fraction of sp³-hybridized carbons (Fsp3) is 0.130. The van der Waals surface area contributed by atoms with Crippen LogP contribution < -0.4 is 19.3 Å². The first-order chi connectivity index (χ1) is 15.0. The van der Waals surface area contributed by atoms with Gasteiger partial charge in [-0.2, -0.15) is 0 Å². The molecule has 33 heavy (non-hydrogen) atoms.